The fraction of sp³-hybridized carbons (Fsp3) is 0.0870. The zero-order chi connectivity index (χ0) is 18.1. The molecule has 3 heteroatoms. The number of halogens is 1. The highest BCUT2D eigenvalue weighted by atomic mass is 35.5. The lowest BCUT2D eigenvalue weighted by Crippen LogP contribution is -1.99. The van der Waals surface area contributed by atoms with Gasteiger partial charge in [-0.05, 0) is 56.3 Å². The molecule has 0 unspecified atom stereocenters. The zero-order valence-corrected chi connectivity index (χ0v) is 15.5. The second-order valence-corrected chi connectivity index (χ2v) is 6.98. The average molecular weight is 359 g/mol. The van der Waals surface area contributed by atoms with Crippen molar-refractivity contribution < 1.29 is 0 Å². The molecule has 1 aromatic heterocycles. The Labute approximate surface area is 158 Å². The van der Waals surface area contributed by atoms with Crippen molar-refractivity contribution in [1.82, 2.24) is 9.78 Å². The summed E-state index contributed by atoms with van der Waals surface area (Å²) in [7, 11) is 0. The van der Waals surface area contributed by atoms with E-state index >= 15 is 0 Å². The van der Waals surface area contributed by atoms with Gasteiger partial charge in [-0.25, -0.2) is 4.68 Å². The van der Waals surface area contributed by atoms with Crippen molar-refractivity contribution in [2.24, 2.45) is 0 Å². The Hall–Kier alpha value is -2.84. The van der Waals surface area contributed by atoms with Crippen molar-refractivity contribution in [3.63, 3.8) is 0 Å². The molecule has 0 saturated heterocycles. The number of benzene rings is 3. The van der Waals surface area contributed by atoms with E-state index in [0.29, 0.717) is 0 Å². The zero-order valence-electron chi connectivity index (χ0n) is 14.8. The molecule has 0 amide bonds. The van der Waals surface area contributed by atoms with Gasteiger partial charge in [-0.3, -0.25) is 0 Å². The quantitative estimate of drug-likeness (QED) is 0.410. The maximum Gasteiger partial charge on any atom is 0.0934 e. The van der Waals surface area contributed by atoms with Gasteiger partial charge in [0.2, 0.25) is 0 Å². The summed E-state index contributed by atoms with van der Waals surface area (Å²) in [6, 6.07) is 26.8. The predicted octanol–water partition coefficient (Wildman–Crippen LogP) is 6.48. The van der Waals surface area contributed by atoms with Gasteiger partial charge in [-0.1, -0.05) is 59.1 Å². The second kappa shape index (κ2) is 6.81. The molecule has 1 heterocycles. The maximum absolute atomic E-state index is 6.07. The molecule has 0 saturated carbocycles. The van der Waals surface area contributed by atoms with E-state index in [1.807, 2.05) is 28.9 Å². The van der Waals surface area contributed by atoms with Crippen molar-refractivity contribution in [3.05, 3.63) is 95.0 Å². The summed E-state index contributed by atoms with van der Waals surface area (Å²) in [6.45, 7) is 4.20. The van der Waals surface area contributed by atoms with Gasteiger partial charge < -0.3 is 0 Å². The van der Waals surface area contributed by atoms with Crippen molar-refractivity contribution in [2.45, 2.75) is 13.8 Å². The first kappa shape index (κ1) is 16.6. The highest BCUT2D eigenvalue weighted by molar-refractivity contribution is 6.30. The molecule has 0 aliphatic carbocycles. The molecular weight excluding hydrogens is 340 g/mol. The average Bonchev–Trinajstić information content (AvgIpc) is 3.08. The Bertz CT molecular complexity index is 1060. The van der Waals surface area contributed by atoms with Crippen molar-refractivity contribution >= 4 is 11.6 Å². The monoisotopic (exact) mass is 358 g/mol. The molecule has 0 N–H and O–H groups in total. The summed E-state index contributed by atoms with van der Waals surface area (Å²) in [5.74, 6) is 0. The number of hydrogen-bond acceptors (Lipinski definition) is 1. The normalized spacial score (nSPS) is 10.9. The van der Waals surface area contributed by atoms with Crippen LogP contribution < -0.4 is 0 Å². The summed E-state index contributed by atoms with van der Waals surface area (Å²) in [6.07, 6.45) is 0. The van der Waals surface area contributed by atoms with E-state index in [0.717, 1.165) is 33.2 Å². The van der Waals surface area contributed by atoms with Crippen LogP contribution in [0.2, 0.25) is 5.02 Å². The van der Waals surface area contributed by atoms with E-state index < -0.39 is 0 Å². The fourth-order valence-corrected chi connectivity index (χ4v) is 3.24. The van der Waals surface area contributed by atoms with Crippen molar-refractivity contribution in [3.8, 4) is 28.2 Å². The molecule has 0 spiro atoms. The van der Waals surface area contributed by atoms with Gasteiger partial charge >= 0.3 is 0 Å². The molecular formula is C23H19ClN2. The minimum absolute atomic E-state index is 0.719. The standard InChI is InChI=1S/C23H19ClN2/c1-16-5-3-7-18(13-16)22-15-23(19-8-4-6-17(2)14-19)26(25-22)21-11-9-20(24)10-12-21/h3-15H,1-2H3. The van der Waals surface area contributed by atoms with E-state index in [1.165, 1.54) is 11.1 Å². The molecule has 0 fully saturated rings. The van der Waals surface area contributed by atoms with E-state index in [1.54, 1.807) is 0 Å². The maximum atomic E-state index is 6.07. The Morgan fingerprint density at radius 3 is 2.00 bits per heavy atom. The molecule has 0 radical (unpaired) electrons. The third kappa shape index (κ3) is 3.29. The van der Waals surface area contributed by atoms with Gasteiger partial charge in [0, 0.05) is 16.1 Å². The number of nitrogens with zero attached hydrogens (tertiary/aromatic N) is 2. The molecule has 0 bridgehead atoms. The van der Waals surface area contributed by atoms with Crippen LogP contribution in [-0.4, -0.2) is 9.78 Å². The van der Waals surface area contributed by atoms with Gasteiger partial charge in [0.25, 0.3) is 0 Å². The lowest BCUT2D eigenvalue weighted by Gasteiger charge is -2.08. The van der Waals surface area contributed by atoms with Crippen LogP contribution in [0.25, 0.3) is 28.2 Å². The van der Waals surface area contributed by atoms with E-state index in [4.69, 9.17) is 16.7 Å². The van der Waals surface area contributed by atoms with Crippen LogP contribution in [0.4, 0.5) is 0 Å². The third-order valence-electron chi connectivity index (χ3n) is 4.41. The van der Waals surface area contributed by atoms with Gasteiger partial charge in [0.15, 0.2) is 0 Å². The van der Waals surface area contributed by atoms with Gasteiger partial charge in [-0.15, -0.1) is 0 Å². The first-order chi connectivity index (χ1) is 12.6. The molecule has 3 aromatic carbocycles. The highest BCUT2D eigenvalue weighted by Gasteiger charge is 2.13. The topological polar surface area (TPSA) is 17.8 Å². The minimum Gasteiger partial charge on any atom is -0.232 e. The second-order valence-electron chi connectivity index (χ2n) is 6.54. The van der Waals surface area contributed by atoms with Crippen LogP contribution in [0.1, 0.15) is 11.1 Å². The van der Waals surface area contributed by atoms with E-state index in [9.17, 15) is 0 Å². The van der Waals surface area contributed by atoms with Crippen LogP contribution in [0.3, 0.4) is 0 Å². The van der Waals surface area contributed by atoms with Crippen LogP contribution >= 0.6 is 11.6 Å². The lowest BCUT2D eigenvalue weighted by atomic mass is 10.1. The first-order valence-electron chi connectivity index (χ1n) is 8.60. The molecule has 128 valence electrons. The Morgan fingerprint density at radius 2 is 1.35 bits per heavy atom. The summed E-state index contributed by atoms with van der Waals surface area (Å²) in [5, 5.41) is 5.62. The largest absolute Gasteiger partial charge is 0.232 e. The molecule has 0 aliphatic rings. The number of aromatic nitrogens is 2. The fourth-order valence-electron chi connectivity index (χ4n) is 3.12. The van der Waals surface area contributed by atoms with E-state index in [2.05, 4.69) is 68.4 Å². The van der Waals surface area contributed by atoms with E-state index in [-0.39, 0.29) is 0 Å². The van der Waals surface area contributed by atoms with Gasteiger partial charge in [-0.2, -0.15) is 5.10 Å². The van der Waals surface area contributed by atoms with Gasteiger partial charge in [0.05, 0.1) is 17.1 Å². The van der Waals surface area contributed by atoms with Crippen LogP contribution in [0, 0.1) is 13.8 Å². The molecule has 4 rings (SSSR count). The molecule has 0 atom stereocenters. The predicted molar refractivity (Wildman–Crippen MR) is 109 cm³/mol. The highest BCUT2D eigenvalue weighted by Crippen LogP contribution is 2.30. The number of aryl methyl sites for hydroxylation is 2. The number of hydrogen-bond donors (Lipinski definition) is 0. The van der Waals surface area contributed by atoms with Crippen LogP contribution in [-0.2, 0) is 0 Å². The summed E-state index contributed by atoms with van der Waals surface area (Å²) >= 11 is 6.07. The first-order valence-corrected chi connectivity index (χ1v) is 8.98. The minimum atomic E-state index is 0.719. The Balaban J connectivity index is 1.92. The molecule has 0 aliphatic heterocycles. The summed E-state index contributed by atoms with van der Waals surface area (Å²) in [4.78, 5) is 0. The lowest BCUT2D eigenvalue weighted by molar-refractivity contribution is 0.892. The summed E-state index contributed by atoms with van der Waals surface area (Å²) in [5.41, 5.74) is 7.72. The SMILES string of the molecule is Cc1cccc(-c2cc(-c3cccc(C)c3)n(-c3ccc(Cl)cc3)n2)c1. The van der Waals surface area contributed by atoms with Crippen molar-refractivity contribution in [2.75, 3.05) is 0 Å². The third-order valence-corrected chi connectivity index (χ3v) is 4.66. The smallest absolute Gasteiger partial charge is 0.0934 e. The number of rotatable bonds is 3. The Kier molecular flexibility index (Phi) is 4.36. The molecule has 2 nitrogen and oxygen atoms in total. The van der Waals surface area contributed by atoms with Crippen LogP contribution in [0.5, 0.6) is 0 Å². The van der Waals surface area contributed by atoms with Crippen LogP contribution in [0.15, 0.2) is 78.9 Å². The Morgan fingerprint density at radius 1 is 0.731 bits per heavy atom. The van der Waals surface area contributed by atoms with Gasteiger partial charge in [0.1, 0.15) is 0 Å². The molecule has 26 heavy (non-hydrogen) atoms. The molecule has 4 aromatic rings. The van der Waals surface area contributed by atoms with Crippen molar-refractivity contribution in [1.29, 1.82) is 0 Å². The summed E-state index contributed by atoms with van der Waals surface area (Å²) < 4.78 is 1.99.